The first-order chi connectivity index (χ1) is 6.88. The molecule has 0 saturated carbocycles. The van der Waals surface area contributed by atoms with Gasteiger partial charge in [-0.25, -0.2) is 0 Å². The second-order valence-corrected chi connectivity index (χ2v) is 3.17. The molecule has 1 aromatic rings. The molecular weight excluding hydrogens is 207 g/mol. The summed E-state index contributed by atoms with van der Waals surface area (Å²) < 4.78 is 39.9. The van der Waals surface area contributed by atoms with Crippen LogP contribution in [-0.2, 0) is 6.54 Å². The molecule has 0 aromatic heterocycles. The SMILES string of the molecule is [CH2-]N(C)Cc1ccccc1OC(F)(F)F. The van der Waals surface area contributed by atoms with Crippen molar-refractivity contribution >= 4 is 0 Å². The smallest absolute Gasteiger partial charge is 0.458 e. The normalized spacial score (nSPS) is 11.9. The molecule has 0 atom stereocenters. The van der Waals surface area contributed by atoms with Crippen molar-refractivity contribution in [2.45, 2.75) is 12.9 Å². The Bertz CT molecular complexity index is 323. The van der Waals surface area contributed by atoms with Gasteiger partial charge in [0.25, 0.3) is 0 Å². The summed E-state index contributed by atoms with van der Waals surface area (Å²) in [5.41, 5.74) is 0.451. The molecule has 0 aliphatic heterocycles. The lowest BCUT2D eigenvalue weighted by Gasteiger charge is -2.20. The van der Waals surface area contributed by atoms with Crippen molar-refractivity contribution in [1.82, 2.24) is 4.90 Å². The van der Waals surface area contributed by atoms with Gasteiger partial charge in [-0.15, -0.1) is 13.2 Å². The molecule has 1 rings (SSSR count). The van der Waals surface area contributed by atoms with Crippen molar-refractivity contribution in [2.75, 3.05) is 7.05 Å². The fourth-order valence-corrected chi connectivity index (χ4v) is 1.15. The lowest BCUT2D eigenvalue weighted by atomic mass is 10.2. The zero-order chi connectivity index (χ0) is 11.5. The molecule has 0 fully saturated rings. The Hall–Kier alpha value is -1.23. The first kappa shape index (κ1) is 11.8. The highest BCUT2D eigenvalue weighted by Gasteiger charge is 2.31. The Morgan fingerprint density at radius 1 is 1.33 bits per heavy atom. The molecule has 0 aliphatic rings. The van der Waals surface area contributed by atoms with Gasteiger partial charge in [0, 0.05) is 5.56 Å². The molecule has 0 bridgehead atoms. The summed E-state index contributed by atoms with van der Waals surface area (Å²) >= 11 is 0. The summed E-state index contributed by atoms with van der Waals surface area (Å²) in [6.45, 7) is 0.298. The van der Waals surface area contributed by atoms with E-state index in [1.165, 1.54) is 17.0 Å². The minimum absolute atomic E-state index is 0.180. The van der Waals surface area contributed by atoms with Crippen LogP contribution in [0.3, 0.4) is 0 Å². The molecule has 0 spiro atoms. The van der Waals surface area contributed by atoms with E-state index < -0.39 is 6.36 Å². The molecular formula is C10H11F3NO-. The number of nitrogens with zero attached hydrogens (tertiary/aromatic N) is 1. The quantitative estimate of drug-likeness (QED) is 0.723. The van der Waals surface area contributed by atoms with Crippen LogP contribution in [0, 0.1) is 7.05 Å². The van der Waals surface area contributed by atoms with E-state index >= 15 is 0 Å². The third-order valence-corrected chi connectivity index (χ3v) is 1.64. The number of alkyl halides is 3. The van der Waals surface area contributed by atoms with Crippen molar-refractivity contribution in [2.24, 2.45) is 0 Å². The van der Waals surface area contributed by atoms with Gasteiger partial charge in [-0.3, -0.25) is 7.05 Å². The maximum Gasteiger partial charge on any atom is 0.573 e. The van der Waals surface area contributed by atoms with Crippen LogP contribution in [0.25, 0.3) is 0 Å². The summed E-state index contributed by atoms with van der Waals surface area (Å²) in [5, 5.41) is 0. The number of halogens is 3. The number of benzene rings is 1. The first-order valence-electron chi connectivity index (χ1n) is 4.24. The van der Waals surface area contributed by atoms with Gasteiger partial charge in [0.1, 0.15) is 5.75 Å². The van der Waals surface area contributed by atoms with Crippen LogP contribution in [0.15, 0.2) is 24.3 Å². The van der Waals surface area contributed by atoms with E-state index in [-0.39, 0.29) is 5.75 Å². The highest BCUT2D eigenvalue weighted by atomic mass is 19.4. The maximum atomic E-state index is 12.0. The van der Waals surface area contributed by atoms with Gasteiger partial charge in [-0.1, -0.05) is 18.2 Å². The minimum atomic E-state index is -4.66. The number of hydrogen-bond donors (Lipinski definition) is 0. The Kier molecular flexibility index (Phi) is 3.57. The van der Waals surface area contributed by atoms with Gasteiger partial charge in [0.2, 0.25) is 0 Å². The molecule has 0 amide bonds. The number of hydrogen-bond acceptors (Lipinski definition) is 2. The summed E-state index contributed by atoms with van der Waals surface area (Å²) in [6, 6.07) is 6.00. The Balaban J connectivity index is 2.86. The molecule has 15 heavy (non-hydrogen) atoms. The van der Waals surface area contributed by atoms with Crippen LogP contribution >= 0.6 is 0 Å². The molecule has 84 valence electrons. The van der Waals surface area contributed by atoms with Crippen molar-refractivity contribution in [3.63, 3.8) is 0 Å². The molecule has 0 heterocycles. The second kappa shape index (κ2) is 4.53. The van der Waals surface area contributed by atoms with Crippen LogP contribution in [-0.4, -0.2) is 18.3 Å². The van der Waals surface area contributed by atoms with Gasteiger partial charge in [0.05, 0.1) is 0 Å². The summed E-state index contributed by atoms with van der Waals surface area (Å²) in [4.78, 5) is 1.53. The van der Waals surface area contributed by atoms with Gasteiger partial charge in [0.15, 0.2) is 0 Å². The van der Waals surface area contributed by atoms with Crippen molar-refractivity contribution in [3.05, 3.63) is 36.9 Å². The second-order valence-electron chi connectivity index (χ2n) is 3.17. The predicted octanol–water partition coefficient (Wildman–Crippen LogP) is 2.81. The standard InChI is InChI=1S/C10H11F3NO/c1-14(2)7-8-5-3-4-6-9(8)15-10(11,12)13/h3-6H,1,7H2,2H3/q-1. The zero-order valence-electron chi connectivity index (χ0n) is 8.21. The van der Waals surface area contributed by atoms with E-state index in [9.17, 15) is 13.2 Å². The lowest BCUT2D eigenvalue weighted by Crippen LogP contribution is -2.19. The average Bonchev–Trinajstić information content (AvgIpc) is 2.05. The Labute approximate surface area is 86.3 Å². The highest BCUT2D eigenvalue weighted by molar-refractivity contribution is 5.33. The fourth-order valence-electron chi connectivity index (χ4n) is 1.15. The van der Waals surface area contributed by atoms with Crippen molar-refractivity contribution in [3.8, 4) is 5.75 Å². The molecule has 2 nitrogen and oxygen atoms in total. The number of para-hydroxylation sites is 1. The lowest BCUT2D eigenvalue weighted by molar-refractivity contribution is -0.275. The average molecular weight is 218 g/mol. The van der Waals surface area contributed by atoms with Gasteiger partial charge in [-0.2, -0.15) is 0 Å². The molecule has 5 heteroatoms. The van der Waals surface area contributed by atoms with Crippen LogP contribution in [0.1, 0.15) is 5.56 Å². The van der Waals surface area contributed by atoms with Crippen molar-refractivity contribution in [1.29, 1.82) is 0 Å². The van der Waals surface area contributed by atoms with Crippen LogP contribution < -0.4 is 4.74 Å². The first-order valence-corrected chi connectivity index (χ1v) is 4.24. The number of rotatable bonds is 3. The summed E-state index contributed by atoms with van der Waals surface area (Å²) in [6.07, 6.45) is -4.66. The molecule has 0 N–H and O–H groups in total. The summed E-state index contributed by atoms with van der Waals surface area (Å²) in [7, 11) is 5.24. The number of ether oxygens (including phenoxy) is 1. The van der Waals surface area contributed by atoms with E-state index in [4.69, 9.17) is 0 Å². The van der Waals surface area contributed by atoms with Gasteiger partial charge >= 0.3 is 6.36 Å². The highest BCUT2D eigenvalue weighted by Crippen LogP contribution is 2.26. The Morgan fingerprint density at radius 2 is 1.93 bits per heavy atom. The van der Waals surface area contributed by atoms with E-state index in [0.29, 0.717) is 12.1 Å². The van der Waals surface area contributed by atoms with Crippen LogP contribution in [0.2, 0.25) is 0 Å². The molecule has 0 radical (unpaired) electrons. The molecule has 0 aliphatic carbocycles. The van der Waals surface area contributed by atoms with E-state index in [2.05, 4.69) is 11.8 Å². The third-order valence-electron chi connectivity index (χ3n) is 1.64. The zero-order valence-corrected chi connectivity index (χ0v) is 8.21. The van der Waals surface area contributed by atoms with E-state index in [1.807, 2.05) is 0 Å². The van der Waals surface area contributed by atoms with Crippen molar-refractivity contribution < 1.29 is 17.9 Å². The summed E-state index contributed by atoms with van der Waals surface area (Å²) in [5.74, 6) is -0.180. The predicted molar refractivity (Wildman–Crippen MR) is 49.9 cm³/mol. The van der Waals surface area contributed by atoms with Crippen LogP contribution in [0.4, 0.5) is 13.2 Å². The largest absolute Gasteiger partial charge is 0.573 e. The maximum absolute atomic E-state index is 12.0. The molecule has 0 saturated heterocycles. The molecule has 1 aromatic carbocycles. The van der Waals surface area contributed by atoms with Gasteiger partial charge < -0.3 is 9.64 Å². The van der Waals surface area contributed by atoms with Crippen LogP contribution in [0.5, 0.6) is 5.75 Å². The fraction of sp³-hybridized carbons (Fsp3) is 0.300. The third kappa shape index (κ3) is 4.20. The van der Waals surface area contributed by atoms with E-state index in [1.54, 1.807) is 19.2 Å². The van der Waals surface area contributed by atoms with E-state index in [0.717, 1.165) is 0 Å². The minimum Gasteiger partial charge on any atom is -0.458 e. The monoisotopic (exact) mass is 218 g/mol. The molecule has 0 unspecified atom stereocenters. The topological polar surface area (TPSA) is 12.5 Å². The van der Waals surface area contributed by atoms with Gasteiger partial charge in [-0.05, 0) is 19.7 Å². The Morgan fingerprint density at radius 3 is 2.47 bits per heavy atom.